The molecule has 1 unspecified atom stereocenters. The molecule has 2 aliphatic heterocycles. The number of fused-ring (bicyclic) bond motifs is 2. The summed E-state index contributed by atoms with van der Waals surface area (Å²) in [5.74, 6) is -0.0981. The van der Waals surface area contributed by atoms with Crippen molar-refractivity contribution in [3.05, 3.63) is 34.7 Å². The van der Waals surface area contributed by atoms with E-state index in [9.17, 15) is 9.59 Å². The largest absolute Gasteiger partial charge is 0.447 e. The second-order valence-corrected chi connectivity index (χ2v) is 7.07. The van der Waals surface area contributed by atoms with E-state index in [-0.39, 0.29) is 12.0 Å². The Labute approximate surface area is 150 Å². The summed E-state index contributed by atoms with van der Waals surface area (Å²) in [6.45, 7) is 5.58. The number of imidazole rings is 1. The SMILES string of the molecule is CCC12COC(=O)N1CCN(C(=O)c1c(C)nc3ccc(Cl)cn13)C2. The molecule has 2 aromatic heterocycles. The summed E-state index contributed by atoms with van der Waals surface area (Å²) in [4.78, 5) is 33.1. The highest BCUT2D eigenvalue weighted by atomic mass is 35.5. The van der Waals surface area contributed by atoms with Crippen LogP contribution in [0.3, 0.4) is 0 Å². The summed E-state index contributed by atoms with van der Waals surface area (Å²) in [5.41, 5.74) is 1.44. The molecule has 2 amide bonds. The molecule has 0 saturated carbocycles. The van der Waals surface area contributed by atoms with E-state index in [1.165, 1.54) is 0 Å². The summed E-state index contributed by atoms with van der Waals surface area (Å²) < 4.78 is 6.97. The van der Waals surface area contributed by atoms with Crippen LogP contribution in [0.1, 0.15) is 29.5 Å². The van der Waals surface area contributed by atoms with Gasteiger partial charge < -0.3 is 9.64 Å². The summed E-state index contributed by atoms with van der Waals surface area (Å²) in [6, 6.07) is 3.55. The zero-order valence-corrected chi connectivity index (χ0v) is 14.9. The Morgan fingerprint density at radius 2 is 2.20 bits per heavy atom. The van der Waals surface area contributed by atoms with E-state index in [1.54, 1.807) is 32.5 Å². The van der Waals surface area contributed by atoms with Crippen LogP contribution in [0.15, 0.2) is 18.3 Å². The molecule has 0 bridgehead atoms. The van der Waals surface area contributed by atoms with E-state index in [2.05, 4.69) is 4.98 Å². The third kappa shape index (κ3) is 2.37. The fourth-order valence-electron chi connectivity index (χ4n) is 3.78. The van der Waals surface area contributed by atoms with Gasteiger partial charge in [-0.1, -0.05) is 18.5 Å². The van der Waals surface area contributed by atoms with Gasteiger partial charge in [0.15, 0.2) is 0 Å². The second kappa shape index (κ2) is 5.62. The van der Waals surface area contributed by atoms with Crippen LogP contribution >= 0.6 is 11.6 Å². The molecule has 0 spiro atoms. The Bertz CT molecular complexity index is 880. The first-order valence-electron chi connectivity index (χ1n) is 8.33. The molecule has 25 heavy (non-hydrogen) atoms. The fraction of sp³-hybridized carbons (Fsp3) is 0.471. The Kier molecular flexibility index (Phi) is 3.64. The summed E-state index contributed by atoms with van der Waals surface area (Å²) in [5, 5.41) is 0.545. The number of piperazine rings is 1. The van der Waals surface area contributed by atoms with Crippen molar-refractivity contribution in [3.8, 4) is 0 Å². The first-order chi connectivity index (χ1) is 11.9. The van der Waals surface area contributed by atoms with E-state index in [1.807, 2.05) is 13.8 Å². The molecule has 2 aromatic rings. The lowest BCUT2D eigenvalue weighted by atomic mass is 9.92. The fourth-order valence-corrected chi connectivity index (χ4v) is 3.94. The number of ether oxygens (including phenoxy) is 1. The average molecular weight is 363 g/mol. The van der Waals surface area contributed by atoms with Crippen molar-refractivity contribution in [3.63, 3.8) is 0 Å². The molecule has 2 saturated heterocycles. The number of hydrogen-bond acceptors (Lipinski definition) is 4. The monoisotopic (exact) mass is 362 g/mol. The maximum atomic E-state index is 13.2. The molecule has 4 heterocycles. The lowest BCUT2D eigenvalue weighted by Gasteiger charge is -2.44. The van der Waals surface area contributed by atoms with Crippen molar-refractivity contribution >= 4 is 29.2 Å². The van der Waals surface area contributed by atoms with Gasteiger partial charge in [-0.05, 0) is 25.5 Å². The van der Waals surface area contributed by atoms with E-state index >= 15 is 0 Å². The van der Waals surface area contributed by atoms with Gasteiger partial charge in [0, 0.05) is 25.8 Å². The number of aryl methyl sites for hydroxylation is 1. The number of amides is 2. The van der Waals surface area contributed by atoms with Crippen molar-refractivity contribution in [1.82, 2.24) is 19.2 Å². The van der Waals surface area contributed by atoms with Crippen molar-refractivity contribution in [1.29, 1.82) is 0 Å². The summed E-state index contributed by atoms with van der Waals surface area (Å²) in [6.07, 6.45) is 2.16. The first kappa shape index (κ1) is 16.2. The molecule has 1 atom stereocenters. The van der Waals surface area contributed by atoms with Crippen LogP contribution in [-0.2, 0) is 4.74 Å². The van der Waals surface area contributed by atoms with Gasteiger partial charge in [-0.3, -0.25) is 14.1 Å². The van der Waals surface area contributed by atoms with Crippen molar-refractivity contribution in [2.75, 3.05) is 26.2 Å². The predicted octanol–water partition coefficient (Wildman–Crippen LogP) is 2.35. The van der Waals surface area contributed by atoms with E-state index < -0.39 is 5.54 Å². The van der Waals surface area contributed by atoms with Crippen LogP contribution < -0.4 is 0 Å². The Balaban J connectivity index is 1.69. The molecular formula is C17H19ClN4O3. The zero-order valence-electron chi connectivity index (χ0n) is 14.2. The number of aromatic nitrogens is 2. The van der Waals surface area contributed by atoms with Gasteiger partial charge in [-0.25, -0.2) is 9.78 Å². The van der Waals surface area contributed by atoms with Gasteiger partial charge in [0.2, 0.25) is 0 Å². The molecule has 0 aromatic carbocycles. The summed E-state index contributed by atoms with van der Waals surface area (Å²) >= 11 is 6.09. The van der Waals surface area contributed by atoms with Gasteiger partial charge in [0.1, 0.15) is 17.9 Å². The van der Waals surface area contributed by atoms with Crippen molar-refractivity contribution < 1.29 is 14.3 Å². The maximum Gasteiger partial charge on any atom is 0.410 e. The predicted molar refractivity (Wildman–Crippen MR) is 91.9 cm³/mol. The number of carbonyl (C=O) groups is 2. The number of pyridine rings is 1. The highest BCUT2D eigenvalue weighted by molar-refractivity contribution is 6.30. The minimum atomic E-state index is -0.433. The highest BCUT2D eigenvalue weighted by Gasteiger charge is 2.50. The first-order valence-corrected chi connectivity index (χ1v) is 8.71. The van der Waals surface area contributed by atoms with Gasteiger partial charge >= 0.3 is 6.09 Å². The number of rotatable bonds is 2. The lowest BCUT2D eigenvalue weighted by Crippen LogP contribution is -2.62. The Morgan fingerprint density at radius 3 is 2.96 bits per heavy atom. The molecule has 8 heteroatoms. The van der Waals surface area contributed by atoms with E-state index in [0.717, 1.165) is 6.42 Å². The lowest BCUT2D eigenvalue weighted by molar-refractivity contribution is 0.0356. The topological polar surface area (TPSA) is 67.2 Å². The van der Waals surface area contributed by atoms with Crippen LogP contribution in [0.4, 0.5) is 4.79 Å². The van der Waals surface area contributed by atoms with Gasteiger partial charge in [0.25, 0.3) is 5.91 Å². The maximum absolute atomic E-state index is 13.2. The molecule has 0 N–H and O–H groups in total. The standard InChI is InChI=1S/C17H19ClN4O3/c1-3-17-9-20(6-7-22(17)16(24)25-10-17)15(23)14-11(2)19-13-5-4-12(18)8-21(13)14/h4-5,8H,3,6-7,9-10H2,1-2H3. The highest BCUT2D eigenvalue weighted by Crippen LogP contribution is 2.32. The summed E-state index contributed by atoms with van der Waals surface area (Å²) in [7, 11) is 0. The number of cyclic esters (lactones) is 1. The van der Waals surface area contributed by atoms with Crippen LogP contribution in [-0.4, -0.2) is 63.0 Å². The third-order valence-corrected chi connectivity index (χ3v) is 5.46. The quantitative estimate of drug-likeness (QED) is 0.822. The molecule has 132 valence electrons. The Hall–Kier alpha value is -2.28. The second-order valence-electron chi connectivity index (χ2n) is 6.63. The van der Waals surface area contributed by atoms with Gasteiger partial charge in [-0.2, -0.15) is 0 Å². The Morgan fingerprint density at radius 1 is 1.40 bits per heavy atom. The van der Waals surface area contributed by atoms with Crippen LogP contribution in [0.25, 0.3) is 5.65 Å². The number of hydrogen-bond donors (Lipinski definition) is 0. The molecule has 0 radical (unpaired) electrons. The van der Waals surface area contributed by atoms with E-state index in [0.29, 0.717) is 48.3 Å². The molecule has 7 nitrogen and oxygen atoms in total. The van der Waals surface area contributed by atoms with Crippen LogP contribution in [0.5, 0.6) is 0 Å². The smallest absolute Gasteiger partial charge is 0.410 e. The van der Waals surface area contributed by atoms with Crippen molar-refractivity contribution in [2.24, 2.45) is 0 Å². The molecular weight excluding hydrogens is 344 g/mol. The van der Waals surface area contributed by atoms with Gasteiger partial charge in [-0.15, -0.1) is 0 Å². The zero-order chi connectivity index (χ0) is 17.8. The number of nitrogens with zero attached hydrogens (tertiary/aromatic N) is 4. The number of carbonyl (C=O) groups excluding carboxylic acids is 2. The molecule has 2 aliphatic rings. The van der Waals surface area contributed by atoms with E-state index in [4.69, 9.17) is 16.3 Å². The minimum Gasteiger partial charge on any atom is -0.447 e. The molecule has 2 fully saturated rings. The normalized spacial score (nSPS) is 23.1. The third-order valence-electron chi connectivity index (χ3n) is 5.24. The van der Waals surface area contributed by atoms with Gasteiger partial charge in [0.05, 0.1) is 16.3 Å². The number of halogens is 1. The average Bonchev–Trinajstić information content (AvgIpc) is 3.11. The van der Waals surface area contributed by atoms with Crippen LogP contribution in [0, 0.1) is 6.92 Å². The molecule has 4 rings (SSSR count). The minimum absolute atomic E-state index is 0.0981. The molecule has 0 aliphatic carbocycles. The van der Waals surface area contributed by atoms with Crippen molar-refractivity contribution in [2.45, 2.75) is 25.8 Å². The van der Waals surface area contributed by atoms with Crippen LogP contribution in [0.2, 0.25) is 5.02 Å².